The molecular formula is C31H34F2. The number of benzene rings is 2. The van der Waals surface area contributed by atoms with Crippen LogP contribution in [0.25, 0.3) is 0 Å². The molecule has 0 nitrogen and oxygen atoms in total. The summed E-state index contributed by atoms with van der Waals surface area (Å²) in [7, 11) is 0. The fraction of sp³-hybridized carbons (Fsp3) is 0.419. The van der Waals surface area contributed by atoms with E-state index in [0.717, 1.165) is 49.1 Å². The van der Waals surface area contributed by atoms with Crippen molar-refractivity contribution in [2.45, 2.75) is 64.2 Å². The van der Waals surface area contributed by atoms with Gasteiger partial charge in [0.05, 0.1) is 5.56 Å². The van der Waals surface area contributed by atoms with Crippen LogP contribution in [-0.2, 0) is 6.42 Å². The molecule has 172 valence electrons. The van der Waals surface area contributed by atoms with Crippen molar-refractivity contribution in [3.05, 3.63) is 95.1 Å². The fourth-order valence-corrected chi connectivity index (χ4v) is 5.78. The fourth-order valence-electron chi connectivity index (χ4n) is 5.78. The number of allylic oxidation sites excluding steroid dienone is 3. The molecule has 2 aromatic rings. The number of aryl methyl sites for hydroxylation is 1. The smallest absolute Gasteiger partial charge is 0.142 e. The molecule has 2 aliphatic carbocycles. The van der Waals surface area contributed by atoms with Crippen molar-refractivity contribution in [2.75, 3.05) is 0 Å². The van der Waals surface area contributed by atoms with Gasteiger partial charge in [0, 0.05) is 5.56 Å². The molecule has 0 N–H and O–H groups in total. The van der Waals surface area contributed by atoms with Crippen molar-refractivity contribution < 1.29 is 8.78 Å². The quantitative estimate of drug-likeness (QED) is 0.321. The van der Waals surface area contributed by atoms with E-state index in [0.29, 0.717) is 11.8 Å². The van der Waals surface area contributed by atoms with Crippen LogP contribution < -0.4 is 0 Å². The lowest BCUT2D eigenvalue weighted by Crippen LogP contribution is -2.30. The summed E-state index contributed by atoms with van der Waals surface area (Å²) >= 11 is 0. The third kappa shape index (κ3) is 5.83. The average Bonchev–Trinajstić information content (AvgIpc) is 2.82. The van der Waals surface area contributed by atoms with Crippen LogP contribution in [0.15, 0.2) is 61.2 Å². The molecule has 4 rings (SSSR count). The van der Waals surface area contributed by atoms with Crippen LogP contribution in [0, 0.1) is 41.2 Å². The van der Waals surface area contributed by atoms with Crippen molar-refractivity contribution in [2.24, 2.45) is 17.8 Å². The maximum absolute atomic E-state index is 14.9. The molecule has 33 heavy (non-hydrogen) atoms. The predicted octanol–water partition coefficient (Wildman–Crippen LogP) is 8.36. The SMILES string of the molecule is C=CCCc1ccc(C#Cc2c(F)cc(C3CCC4CC(/C=C/C)CCC4C3)cc2F)cc1. The molecule has 0 aromatic heterocycles. The Bertz CT molecular complexity index is 1030. The van der Waals surface area contributed by atoms with Crippen LogP contribution in [0.3, 0.4) is 0 Å². The maximum atomic E-state index is 14.9. The second kappa shape index (κ2) is 11.0. The van der Waals surface area contributed by atoms with Gasteiger partial charge in [-0.05, 0) is 117 Å². The molecule has 2 aliphatic rings. The van der Waals surface area contributed by atoms with Gasteiger partial charge in [0.15, 0.2) is 0 Å². The van der Waals surface area contributed by atoms with E-state index in [2.05, 4.69) is 37.5 Å². The topological polar surface area (TPSA) is 0 Å². The van der Waals surface area contributed by atoms with Crippen molar-refractivity contribution in [3.8, 4) is 11.8 Å². The van der Waals surface area contributed by atoms with Gasteiger partial charge in [-0.15, -0.1) is 6.58 Å². The Balaban J connectivity index is 1.44. The number of hydrogen-bond acceptors (Lipinski definition) is 0. The number of halogens is 2. The highest BCUT2D eigenvalue weighted by Gasteiger charge is 2.35. The monoisotopic (exact) mass is 444 g/mol. The predicted molar refractivity (Wildman–Crippen MR) is 133 cm³/mol. The zero-order chi connectivity index (χ0) is 23.2. The summed E-state index contributed by atoms with van der Waals surface area (Å²) in [6, 6.07) is 10.9. The Kier molecular flexibility index (Phi) is 7.81. The lowest BCUT2D eigenvalue weighted by atomic mass is 9.64. The highest BCUT2D eigenvalue weighted by Crippen LogP contribution is 2.48. The molecular weight excluding hydrogens is 410 g/mol. The summed E-state index contributed by atoms with van der Waals surface area (Å²) in [6.07, 6.45) is 15.3. The van der Waals surface area contributed by atoms with Crippen molar-refractivity contribution >= 4 is 0 Å². The van der Waals surface area contributed by atoms with Gasteiger partial charge in [0.25, 0.3) is 0 Å². The lowest BCUT2D eigenvalue weighted by molar-refractivity contribution is 0.133. The van der Waals surface area contributed by atoms with Crippen LogP contribution >= 0.6 is 0 Å². The minimum absolute atomic E-state index is 0.130. The summed E-state index contributed by atoms with van der Waals surface area (Å²) < 4.78 is 29.8. The largest absolute Gasteiger partial charge is 0.206 e. The maximum Gasteiger partial charge on any atom is 0.142 e. The van der Waals surface area contributed by atoms with Gasteiger partial charge in [-0.3, -0.25) is 0 Å². The number of fused-ring (bicyclic) bond motifs is 1. The summed E-state index contributed by atoms with van der Waals surface area (Å²) in [5.74, 6) is 6.97. The molecule has 0 saturated heterocycles. The average molecular weight is 445 g/mol. The molecule has 0 heterocycles. The molecule has 4 unspecified atom stereocenters. The number of hydrogen-bond donors (Lipinski definition) is 0. The molecule has 2 saturated carbocycles. The summed E-state index contributed by atoms with van der Waals surface area (Å²) in [6.45, 7) is 5.84. The first-order valence-corrected chi connectivity index (χ1v) is 12.4. The Morgan fingerprint density at radius 1 is 0.939 bits per heavy atom. The third-order valence-electron chi connectivity index (χ3n) is 7.58. The molecule has 2 fully saturated rings. The van der Waals surface area contributed by atoms with Gasteiger partial charge in [0.2, 0.25) is 0 Å². The van der Waals surface area contributed by atoms with Crippen LogP contribution in [-0.4, -0.2) is 0 Å². The van der Waals surface area contributed by atoms with Crippen LogP contribution in [0.5, 0.6) is 0 Å². The Labute approximate surface area is 197 Å². The highest BCUT2D eigenvalue weighted by molar-refractivity contribution is 5.46. The van der Waals surface area contributed by atoms with Crippen molar-refractivity contribution in [1.29, 1.82) is 0 Å². The molecule has 2 heteroatoms. The second-order valence-electron chi connectivity index (χ2n) is 9.76. The first kappa shape index (κ1) is 23.5. The minimum atomic E-state index is -0.543. The van der Waals surface area contributed by atoms with E-state index >= 15 is 0 Å². The zero-order valence-electron chi connectivity index (χ0n) is 19.6. The van der Waals surface area contributed by atoms with Gasteiger partial charge >= 0.3 is 0 Å². The van der Waals surface area contributed by atoms with E-state index < -0.39 is 11.6 Å². The standard InChI is InChI=1S/C31H34F2/c1-3-5-7-22-8-10-23(11-9-22)13-17-29-30(32)20-28(21-31(29)33)27-16-15-25-18-24(6-4-2)12-14-26(25)19-27/h3-4,6,8-11,20-21,24-27H,1,5,7,12,14-16,18-19H2,2H3/b6-4+. The van der Waals surface area contributed by atoms with E-state index in [1.807, 2.05) is 30.3 Å². The van der Waals surface area contributed by atoms with E-state index in [9.17, 15) is 8.78 Å². The van der Waals surface area contributed by atoms with Crippen molar-refractivity contribution in [3.63, 3.8) is 0 Å². The van der Waals surface area contributed by atoms with Gasteiger partial charge in [-0.1, -0.05) is 42.2 Å². The number of rotatable bonds is 5. The normalized spacial score (nSPS) is 24.7. The van der Waals surface area contributed by atoms with Crippen LogP contribution in [0.4, 0.5) is 8.78 Å². The van der Waals surface area contributed by atoms with Crippen molar-refractivity contribution in [1.82, 2.24) is 0 Å². The van der Waals surface area contributed by atoms with Crippen LogP contribution in [0.1, 0.15) is 80.0 Å². The van der Waals surface area contributed by atoms with Gasteiger partial charge in [-0.25, -0.2) is 8.78 Å². The molecule has 2 aromatic carbocycles. The molecule has 0 radical (unpaired) electrons. The first-order valence-electron chi connectivity index (χ1n) is 12.4. The van der Waals surface area contributed by atoms with Gasteiger partial charge < -0.3 is 0 Å². The highest BCUT2D eigenvalue weighted by atomic mass is 19.1. The lowest BCUT2D eigenvalue weighted by Gasteiger charge is -2.41. The summed E-state index contributed by atoms with van der Waals surface area (Å²) in [5.41, 5.74) is 2.63. The third-order valence-corrected chi connectivity index (χ3v) is 7.58. The Morgan fingerprint density at radius 3 is 2.33 bits per heavy atom. The molecule has 0 spiro atoms. The van der Waals surface area contributed by atoms with E-state index in [1.54, 1.807) is 0 Å². The minimum Gasteiger partial charge on any atom is -0.206 e. The zero-order valence-corrected chi connectivity index (χ0v) is 19.6. The molecule has 4 atom stereocenters. The Hall–Kier alpha value is -2.66. The van der Waals surface area contributed by atoms with E-state index in [1.165, 1.54) is 37.0 Å². The Morgan fingerprint density at radius 2 is 1.64 bits per heavy atom. The van der Waals surface area contributed by atoms with Gasteiger partial charge in [-0.2, -0.15) is 0 Å². The van der Waals surface area contributed by atoms with Gasteiger partial charge in [0.1, 0.15) is 11.6 Å². The first-order chi connectivity index (χ1) is 16.1. The molecule has 0 aliphatic heterocycles. The van der Waals surface area contributed by atoms with Crippen LogP contribution in [0.2, 0.25) is 0 Å². The summed E-state index contributed by atoms with van der Waals surface area (Å²) in [4.78, 5) is 0. The molecule has 0 amide bonds. The summed E-state index contributed by atoms with van der Waals surface area (Å²) in [5, 5.41) is 0. The van der Waals surface area contributed by atoms with E-state index in [-0.39, 0.29) is 11.5 Å². The second-order valence-corrected chi connectivity index (χ2v) is 9.76. The van der Waals surface area contributed by atoms with E-state index in [4.69, 9.17) is 0 Å². The molecule has 0 bridgehead atoms.